The first-order chi connectivity index (χ1) is 9.72. The Morgan fingerprint density at radius 1 is 1.00 bits per heavy atom. The fourth-order valence-electron chi connectivity index (χ4n) is 1.88. The number of hydrogen-bond donors (Lipinski definition) is 0. The second-order valence-corrected chi connectivity index (χ2v) is 4.50. The maximum atomic E-state index is 13.7. The molecule has 0 atom stereocenters. The molecule has 3 aromatic rings. The Morgan fingerprint density at radius 3 is 2.75 bits per heavy atom. The van der Waals surface area contributed by atoms with Crippen molar-refractivity contribution in [3.63, 3.8) is 0 Å². The lowest BCUT2D eigenvalue weighted by Crippen LogP contribution is -1.86. The van der Waals surface area contributed by atoms with Crippen LogP contribution in [0.5, 0.6) is 0 Å². The quantitative estimate of drug-likeness (QED) is 0.580. The van der Waals surface area contributed by atoms with Crippen molar-refractivity contribution in [1.29, 1.82) is 0 Å². The second kappa shape index (κ2) is 5.10. The molecule has 0 N–H and O–H groups in total. The van der Waals surface area contributed by atoms with Gasteiger partial charge >= 0.3 is 0 Å². The predicted molar refractivity (Wildman–Crippen MR) is 76.7 cm³/mol. The zero-order chi connectivity index (χ0) is 13.9. The van der Waals surface area contributed by atoms with Crippen molar-refractivity contribution >= 4 is 11.0 Å². The zero-order valence-electron chi connectivity index (χ0n) is 10.9. The van der Waals surface area contributed by atoms with Gasteiger partial charge in [0.2, 0.25) is 0 Å². The third kappa shape index (κ3) is 2.50. The maximum absolute atomic E-state index is 13.7. The van der Waals surface area contributed by atoms with Crippen LogP contribution in [-0.2, 0) is 0 Å². The van der Waals surface area contributed by atoms with Crippen LogP contribution in [0.15, 0.2) is 48.8 Å². The molecule has 0 radical (unpaired) electrons. The van der Waals surface area contributed by atoms with E-state index in [2.05, 4.69) is 21.8 Å². The molecule has 1 aromatic carbocycles. The van der Waals surface area contributed by atoms with Crippen LogP contribution in [0.4, 0.5) is 4.39 Å². The summed E-state index contributed by atoms with van der Waals surface area (Å²) in [5.74, 6) is 5.45. The highest BCUT2D eigenvalue weighted by Crippen LogP contribution is 2.11. The molecule has 0 aliphatic heterocycles. The normalized spacial score (nSPS) is 10.1. The third-order valence-corrected chi connectivity index (χ3v) is 2.92. The largest absolute Gasteiger partial charge is 0.255 e. The van der Waals surface area contributed by atoms with Gasteiger partial charge in [-0.2, -0.15) is 0 Å². The van der Waals surface area contributed by atoms with E-state index in [0.29, 0.717) is 5.56 Å². The second-order valence-electron chi connectivity index (χ2n) is 4.50. The number of rotatable bonds is 0. The van der Waals surface area contributed by atoms with Crippen molar-refractivity contribution in [2.45, 2.75) is 6.92 Å². The molecule has 0 saturated heterocycles. The van der Waals surface area contributed by atoms with E-state index in [1.165, 1.54) is 6.07 Å². The number of aromatic nitrogens is 2. The Bertz CT molecular complexity index is 844. The molecule has 2 nitrogen and oxygen atoms in total. The molecule has 0 bridgehead atoms. The molecule has 0 aliphatic carbocycles. The fourth-order valence-corrected chi connectivity index (χ4v) is 1.88. The van der Waals surface area contributed by atoms with Gasteiger partial charge < -0.3 is 0 Å². The van der Waals surface area contributed by atoms with Gasteiger partial charge in [-0.1, -0.05) is 17.9 Å². The van der Waals surface area contributed by atoms with Gasteiger partial charge in [0.05, 0.1) is 16.6 Å². The summed E-state index contributed by atoms with van der Waals surface area (Å²) >= 11 is 0. The number of nitrogens with zero attached hydrogens (tertiary/aromatic N) is 2. The zero-order valence-corrected chi connectivity index (χ0v) is 10.9. The highest BCUT2D eigenvalue weighted by atomic mass is 19.1. The molecule has 0 fully saturated rings. The highest BCUT2D eigenvalue weighted by molar-refractivity contribution is 5.75. The number of pyridine rings is 2. The van der Waals surface area contributed by atoms with Crippen LogP contribution in [-0.4, -0.2) is 9.97 Å². The Morgan fingerprint density at radius 2 is 1.90 bits per heavy atom. The van der Waals surface area contributed by atoms with Crippen molar-refractivity contribution in [3.8, 4) is 11.8 Å². The van der Waals surface area contributed by atoms with E-state index in [4.69, 9.17) is 0 Å². The summed E-state index contributed by atoms with van der Waals surface area (Å²) in [4.78, 5) is 8.49. The predicted octanol–water partition coefficient (Wildman–Crippen LogP) is 3.48. The smallest absolute Gasteiger partial charge is 0.139 e. The Hall–Kier alpha value is -2.73. The van der Waals surface area contributed by atoms with E-state index < -0.39 is 0 Å². The van der Waals surface area contributed by atoms with Crippen LogP contribution in [0.3, 0.4) is 0 Å². The molecule has 3 heteroatoms. The molecule has 2 heterocycles. The summed E-state index contributed by atoms with van der Waals surface area (Å²) in [5, 5.41) is 0. The van der Waals surface area contributed by atoms with E-state index >= 15 is 0 Å². The van der Waals surface area contributed by atoms with Crippen LogP contribution in [0, 0.1) is 24.6 Å². The van der Waals surface area contributed by atoms with Crippen molar-refractivity contribution < 1.29 is 4.39 Å². The average Bonchev–Trinajstić information content (AvgIpc) is 2.46. The first kappa shape index (κ1) is 12.3. The summed E-state index contributed by atoms with van der Waals surface area (Å²) in [6.07, 6.45) is 3.38. The lowest BCUT2D eigenvalue weighted by atomic mass is 10.1. The molecule has 20 heavy (non-hydrogen) atoms. The summed E-state index contributed by atoms with van der Waals surface area (Å²) < 4.78 is 13.7. The van der Waals surface area contributed by atoms with E-state index in [1.807, 2.05) is 31.2 Å². The lowest BCUT2D eigenvalue weighted by molar-refractivity contribution is 0.623. The van der Waals surface area contributed by atoms with Crippen molar-refractivity contribution in [2.75, 3.05) is 0 Å². The third-order valence-electron chi connectivity index (χ3n) is 2.92. The van der Waals surface area contributed by atoms with Gasteiger partial charge in [0.25, 0.3) is 0 Å². The standard InChI is InChI=1S/C17H11FN2/c1-12-4-6-14(15(18)9-12)7-5-13-10-17-16(20-11-13)3-2-8-19-17/h2-4,6,8-11H,1H3. The molecule has 0 unspecified atom stereocenters. The van der Waals surface area contributed by atoms with Gasteiger partial charge in [0.15, 0.2) is 0 Å². The minimum Gasteiger partial charge on any atom is -0.255 e. The van der Waals surface area contributed by atoms with Gasteiger partial charge in [0, 0.05) is 18.0 Å². The van der Waals surface area contributed by atoms with Crippen LogP contribution >= 0.6 is 0 Å². The molecule has 0 amide bonds. The number of halogens is 1. The molecular formula is C17H11FN2. The monoisotopic (exact) mass is 262 g/mol. The van der Waals surface area contributed by atoms with E-state index in [-0.39, 0.29) is 5.82 Å². The van der Waals surface area contributed by atoms with E-state index in [9.17, 15) is 4.39 Å². The Kier molecular flexibility index (Phi) is 3.14. The first-order valence-corrected chi connectivity index (χ1v) is 6.21. The number of benzene rings is 1. The molecule has 0 saturated carbocycles. The minimum atomic E-state index is -0.302. The van der Waals surface area contributed by atoms with Crippen LogP contribution in [0.25, 0.3) is 11.0 Å². The Balaban J connectivity index is 1.99. The van der Waals surface area contributed by atoms with E-state index in [1.54, 1.807) is 18.5 Å². The van der Waals surface area contributed by atoms with Gasteiger partial charge in [-0.25, -0.2) is 4.39 Å². The summed E-state index contributed by atoms with van der Waals surface area (Å²) in [7, 11) is 0. The maximum Gasteiger partial charge on any atom is 0.139 e. The number of fused-ring (bicyclic) bond motifs is 1. The van der Waals surface area contributed by atoms with Crippen molar-refractivity contribution in [3.05, 3.63) is 71.3 Å². The average molecular weight is 262 g/mol. The molecule has 0 spiro atoms. The van der Waals surface area contributed by atoms with Gasteiger partial charge in [-0.15, -0.1) is 0 Å². The van der Waals surface area contributed by atoms with Crippen molar-refractivity contribution in [1.82, 2.24) is 9.97 Å². The van der Waals surface area contributed by atoms with Crippen LogP contribution in [0.2, 0.25) is 0 Å². The first-order valence-electron chi connectivity index (χ1n) is 6.21. The van der Waals surface area contributed by atoms with Gasteiger partial charge in [0.1, 0.15) is 5.82 Å². The van der Waals surface area contributed by atoms with E-state index in [0.717, 1.165) is 22.2 Å². The van der Waals surface area contributed by atoms with Crippen LogP contribution < -0.4 is 0 Å². The molecule has 3 rings (SSSR count). The Labute approximate surface area is 116 Å². The lowest BCUT2D eigenvalue weighted by Gasteiger charge is -1.97. The minimum absolute atomic E-state index is 0.302. The number of hydrogen-bond acceptors (Lipinski definition) is 2. The summed E-state index contributed by atoms with van der Waals surface area (Å²) in [6, 6.07) is 10.6. The molecule has 96 valence electrons. The molecule has 0 aliphatic rings. The fraction of sp³-hybridized carbons (Fsp3) is 0.0588. The van der Waals surface area contributed by atoms with Crippen molar-refractivity contribution in [2.24, 2.45) is 0 Å². The van der Waals surface area contributed by atoms with Gasteiger partial charge in [-0.05, 0) is 42.8 Å². The van der Waals surface area contributed by atoms with Crippen LogP contribution in [0.1, 0.15) is 16.7 Å². The molecule has 2 aromatic heterocycles. The van der Waals surface area contributed by atoms with Gasteiger partial charge in [-0.3, -0.25) is 9.97 Å². The SMILES string of the molecule is Cc1ccc(C#Cc2cnc3cccnc3c2)c(F)c1. The highest BCUT2D eigenvalue weighted by Gasteiger charge is 1.99. The molecular weight excluding hydrogens is 251 g/mol. The number of aryl methyl sites for hydroxylation is 1. The summed E-state index contributed by atoms with van der Waals surface area (Å²) in [5.41, 5.74) is 3.58. The topological polar surface area (TPSA) is 25.8 Å². The summed E-state index contributed by atoms with van der Waals surface area (Å²) in [6.45, 7) is 1.85.